The van der Waals surface area contributed by atoms with Crippen molar-refractivity contribution in [2.45, 2.75) is 46.5 Å². The highest BCUT2D eigenvalue weighted by atomic mass is 32.1. The maximum atomic E-state index is 10.7. The SMILES string of the molecule is C/C=C(/NC(=S)c1ccc(C=O)cc1)OCC(CC)CCCC.CO. The molecule has 0 aliphatic rings. The molecule has 0 heterocycles. The van der Waals surface area contributed by atoms with E-state index in [1.165, 1.54) is 19.3 Å². The van der Waals surface area contributed by atoms with Crippen molar-refractivity contribution in [3.63, 3.8) is 0 Å². The van der Waals surface area contributed by atoms with Crippen LogP contribution in [0.25, 0.3) is 0 Å². The van der Waals surface area contributed by atoms with E-state index in [1.807, 2.05) is 25.1 Å². The van der Waals surface area contributed by atoms with E-state index in [2.05, 4.69) is 19.2 Å². The smallest absolute Gasteiger partial charge is 0.187 e. The van der Waals surface area contributed by atoms with Crippen molar-refractivity contribution in [3.05, 3.63) is 47.4 Å². The molecule has 1 rings (SSSR count). The summed E-state index contributed by atoms with van der Waals surface area (Å²) in [4.78, 5) is 11.3. The summed E-state index contributed by atoms with van der Waals surface area (Å²) in [6, 6.07) is 7.18. The van der Waals surface area contributed by atoms with E-state index in [4.69, 9.17) is 22.1 Å². The third kappa shape index (κ3) is 9.37. The number of aliphatic hydroxyl groups excluding tert-OH is 1. The second-order valence-corrected chi connectivity index (χ2v) is 5.98. The normalized spacial score (nSPS) is 11.8. The van der Waals surface area contributed by atoms with Crippen LogP contribution in [0.2, 0.25) is 0 Å². The lowest BCUT2D eigenvalue weighted by molar-refractivity contribution is 0.112. The topological polar surface area (TPSA) is 58.6 Å². The first-order valence-electron chi connectivity index (χ1n) is 8.74. The standard InChI is InChI=1S/C19H27NO2S.CH4O/c1-4-7-8-15(5-2)14-22-18(6-3)20-19(23)17-11-9-16(13-21)10-12-17;1-2/h6,9-13,15H,4-5,7-8,14H2,1-3H3,(H,20,23);2H,1H3/b18-6-;. The Morgan fingerprint density at radius 2 is 1.92 bits per heavy atom. The molecule has 1 aromatic rings. The number of benzene rings is 1. The molecule has 0 spiro atoms. The number of rotatable bonds is 10. The van der Waals surface area contributed by atoms with Crippen LogP contribution in [0, 0.1) is 5.92 Å². The Morgan fingerprint density at radius 1 is 1.28 bits per heavy atom. The summed E-state index contributed by atoms with van der Waals surface area (Å²) in [6.45, 7) is 7.04. The zero-order valence-electron chi connectivity index (χ0n) is 15.7. The third-order valence-electron chi connectivity index (χ3n) is 3.83. The quantitative estimate of drug-likeness (QED) is 0.364. The Balaban J connectivity index is 0.00000277. The summed E-state index contributed by atoms with van der Waals surface area (Å²) in [6.07, 6.45) is 7.48. The van der Waals surface area contributed by atoms with Gasteiger partial charge < -0.3 is 15.2 Å². The van der Waals surface area contributed by atoms with Crippen LogP contribution >= 0.6 is 12.2 Å². The number of thiocarbonyl (C=S) groups is 1. The molecule has 5 heteroatoms. The Kier molecular flexibility index (Phi) is 13.6. The maximum Gasteiger partial charge on any atom is 0.187 e. The first-order valence-corrected chi connectivity index (χ1v) is 9.15. The molecule has 0 saturated heterocycles. The van der Waals surface area contributed by atoms with Gasteiger partial charge in [-0.25, -0.2) is 0 Å². The molecule has 25 heavy (non-hydrogen) atoms. The van der Waals surface area contributed by atoms with E-state index in [0.717, 1.165) is 25.4 Å². The second-order valence-electron chi connectivity index (χ2n) is 5.57. The number of hydrogen-bond donors (Lipinski definition) is 2. The van der Waals surface area contributed by atoms with Crippen LogP contribution in [0.1, 0.15) is 62.4 Å². The first kappa shape index (κ1) is 23.3. The Morgan fingerprint density at radius 3 is 2.40 bits per heavy atom. The predicted molar refractivity (Wildman–Crippen MR) is 108 cm³/mol. The third-order valence-corrected chi connectivity index (χ3v) is 4.16. The minimum atomic E-state index is 0.576. The molecule has 1 unspecified atom stereocenters. The highest BCUT2D eigenvalue weighted by molar-refractivity contribution is 7.80. The predicted octanol–water partition coefficient (Wildman–Crippen LogP) is 4.47. The monoisotopic (exact) mass is 365 g/mol. The molecule has 0 saturated carbocycles. The molecule has 0 fully saturated rings. The molecule has 0 aliphatic heterocycles. The van der Waals surface area contributed by atoms with Gasteiger partial charge in [-0.15, -0.1) is 0 Å². The van der Waals surface area contributed by atoms with Gasteiger partial charge in [0.15, 0.2) is 5.88 Å². The van der Waals surface area contributed by atoms with Crippen LogP contribution in [0.15, 0.2) is 36.2 Å². The van der Waals surface area contributed by atoms with Crippen LogP contribution in [0.5, 0.6) is 0 Å². The Hall–Kier alpha value is -1.72. The van der Waals surface area contributed by atoms with Gasteiger partial charge in [0.05, 0.1) is 6.61 Å². The van der Waals surface area contributed by atoms with E-state index < -0.39 is 0 Å². The summed E-state index contributed by atoms with van der Waals surface area (Å²) in [5, 5.41) is 10.1. The number of unbranched alkanes of at least 4 members (excludes halogenated alkanes) is 1. The number of aliphatic hydroxyl groups is 1. The number of ether oxygens (including phenoxy) is 1. The van der Waals surface area contributed by atoms with Crippen LogP contribution in [-0.4, -0.2) is 30.1 Å². The minimum absolute atomic E-state index is 0.576. The molecule has 0 bridgehead atoms. The van der Waals surface area contributed by atoms with Crippen LogP contribution in [0.4, 0.5) is 0 Å². The molecule has 1 aromatic carbocycles. The number of aldehydes is 1. The van der Waals surface area contributed by atoms with Gasteiger partial charge >= 0.3 is 0 Å². The minimum Gasteiger partial charge on any atom is -0.479 e. The molecular weight excluding hydrogens is 334 g/mol. The van der Waals surface area contributed by atoms with Gasteiger partial charge in [-0.3, -0.25) is 4.79 Å². The summed E-state index contributed by atoms with van der Waals surface area (Å²) in [7, 11) is 1.00. The second kappa shape index (κ2) is 14.6. The van der Waals surface area contributed by atoms with E-state index in [-0.39, 0.29) is 0 Å². The zero-order valence-corrected chi connectivity index (χ0v) is 16.6. The molecule has 140 valence electrons. The molecule has 0 aromatic heterocycles. The van der Waals surface area contributed by atoms with Crippen molar-refractivity contribution in [2.75, 3.05) is 13.7 Å². The molecule has 0 radical (unpaired) electrons. The van der Waals surface area contributed by atoms with Crippen molar-refractivity contribution in [1.29, 1.82) is 0 Å². The average molecular weight is 366 g/mol. The molecule has 0 aliphatic carbocycles. The summed E-state index contributed by atoms with van der Waals surface area (Å²) < 4.78 is 5.88. The Labute approximate surface area is 157 Å². The van der Waals surface area contributed by atoms with E-state index in [1.54, 1.807) is 12.1 Å². The first-order chi connectivity index (χ1) is 12.1. The lowest BCUT2D eigenvalue weighted by Crippen LogP contribution is -2.24. The van der Waals surface area contributed by atoms with E-state index in [9.17, 15) is 4.79 Å². The van der Waals surface area contributed by atoms with Crippen molar-refractivity contribution >= 4 is 23.5 Å². The molecular formula is C20H31NO3S. The van der Waals surface area contributed by atoms with Crippen molar-refractivity contribution in [2.24, 2.45) is 5.92 Å². The fourth-order valence-corrected chi connectivity index (χ4v) is 2.43. The van der Waals surface area contributed by atoms with Crippen LogP contribution < -0.4 is 5.32 Å². The molecule has 2 N–H and O–H groups in total. The number of carbonyl (C=O) groups is 1. The van der Waals surface area contributed by atoms with Crippen LogP contribution in [-0.2, 0) is 4.74 Å². The highest BCUT2D eigenvalue weighted by Gasteiger charge is 2.09. The molecule has 1 atom stereocenters. The maximum absolute atomic E-state index is 10.7. The fourth-order valence-electron chi connectivity index (χ4n) is 2.19. The summed E-state index contributed by atoms with van der Waals surface area (Å²) >= 11 is 5.40. The van der Waals surface area contributed by atoms with Crippen molar-refractivity contribution in [3.8, 4) is 0 Å². The lowest BCUT2D eigenvalue weighted by Gasteiger charge is -2.18. The highest BCUT2D eigenvalue weighted by Crippen LogP contribution is 2.14. The molecule has 0 amide bonds. The number of carbonyl (C=O) groups excluding carboxylic acids is 1. The van der Waals surface area contributed by atoms with Crippen molar-refractivity contribution < 1.29 is 14.6 Å². The van der Waals surface area contributed by atoms with Crippen LogP contribution in [0.3, 0.4) is 0 Å². The fraction of sp³-hybridized carbons (Fsp3) is 0.500. The van der Waals surface area contributed by atoms with Gasteiger partial charge in [-0.2, -0.15) is 0 Å². The zero-order chi connectivity index (χ0) is 19.1. The number of hydrogen-bond acceptors (Lipinski definition) is 4. The average Bonchev–Trinajstić information content (AvgIpc) is 2.68. The van der Waals surface area contributed by atoms with Gasteiger partial charge in [0.25, 0.3) is 0 Å². The van der Waals surface area contributed by atoms with Gasteiger partial charge in [0.1, 0.15) is 11.3 Å². The van der Waals surface area contributed by atoms with Gasteiger partial charge in [-0.1, -0.05) is 69.6 Å². The lowest BCUT2D eigenvalue weighted by atomic mass is 10.0. The summed E-state index contributed by atoms with van der Waals surface area (Å²) in [5.41, 5.74) is 1.51. The Bertz CT molecular complexity index is 526. The van der Waals surface area contributed by atoms with Gasteiger partial charge in [0.2, 0.25) is 0 Å². The largest absolute Gasteiger partial charge is 0.479 e. The van der Waals surface area contributed by atoms with Gasteiger partial charge in [-0.05, 0) is 25.3 Å². The number of allylic oxidation sites excluding steroid dienone is 1. The summed E-state index contributed by atoms with van der Waals surface area (Å²) in [5.74, 6) is 1.26. The number of nitrogens with one attached hydrogen (secondary N) is 1. The molecule has 4 nitrogen and oxygen atoms in total. The van der Waals surface area contributed by atoms with E-state index in [0.29, 0.717) is 29.0 Å². The van der Waals surface area contributed by atoms with Gasteiger partial charge in [0, 0.05) is 18.2 Å². The van der Waals surface area contributed by atoms with Crippen molar-refractivity contribution in [1.82, 2.24) is 5.32 Å². The van der Waals surface area contributed by atoms with E-state index >= 15 is 0 Å².